The van der Waals surface area contributed by atoms with Crippen LogP contribution in [-0.4, -0.2) is 56.4 Å². The Morgan fingerprint density at radius 2 is 1.71 bits per heavy atom. The van der Waals surface area contributed by atoms with E-state index in [1.54, 1.807) is 24.4 Å². The van der Waals surface area contributed by atoms with Crippen molar-refractivity contribution >= 4 is 23.2 Å². The van der Waals surface area contributed by atoms with Gasteiger partial charge < -0.3 is 20.7 Å². The third-order valence-corrected chi connectivity index (χ3v) is 9.36. The topological polar surface area (TPSA) is 111 Å². The van der Waals surface area contributed by atoms with Crippen LogP contribution in [0.25, 0.3) is 39.4 Å². The number of halogens is 2. The highest BCUT2D eigenvalue weighted by Gasteiger charge is 2.26. The van der Waals surface area contributed by atoms with Gasteiger partial charge >= 0.3 is 0 Å². The number of nitrogen functional groups attached to an aromatic ring is 1. The van der Waals surface area contributed by atoms with E-state index in [1.807, 2.05) is 41.8 Å². The number of anilines is 2. The van der Waals surface area contributed by atoms with E-state index < -0.39 is 23.2 Å². The first-order valence-corrected chi connectivity index (χ1v) is 17.3. The van der Waals surface area contributed by atoms with E-state index in [0.717, 1.165) is 62.3 Å². The average Bonchev–Trinajstić information content (AvgIpc) is 3.54. The number of likely N-dealkylation sites (tertiary alicyclic amines) is 1. The van der Waals surface area contributed by atoms with E-state index in [0.29, 0.717) is 46.4 Å². The summed E-state index contributed by atoms with van der Waals surface area (Å²) in [5, 5.41) is 2.37. The standard InChI is InChI=1S/C40H39F2N7O2/c1-3-18-48-20-16-25(17-21-48)26-14-15-29(33(23-26)51-4-2)30-24-44-40(43)47-36(30)38-35(45-34-13-5-6-19-49(34)38)27-9-7-10-28(22-27)39(50)46-37-31(41)11-8-12-32(37)42/h5-15,19,22-25H,3-4,16-18,20-21H2,1-2H3,(H,46,50)(H2,43,44,47). The number of rotatable bonds is 10. The van der Waals surface area contributed by atoms with Crippen molar-refractivity contribution in [1.29, 1.82) is 0 Å². The Morgan fingerprint density at radius 1 is 0.922 bits per heavy atom. The Hall–Kier alpha value is -5.68. The molecule has 3 aromatic heterocycles. The van der Waals surface area contributed by atoms with Gasteiger partial charge in [0.05, 0.1) is 12.3 Å². The fourth-order valence-corrected chi connectivity index (χ4v) is 6.90. The zero-order valence-corrected chi connectivity index (χ0v) is 28.6. The van der Waals surface area contributed by atoms with Crippen LogP contribution in [0.3, 0.4) is 0 Å². The number of hydrogen-bond donors (Lipinski definition) is 2. The molecule has 4 heterocycles. The van der Waals surface area contributed by atoms with Crippen LogP contribution >= 0.6 is 0 Å². The van der Waals surface area contributed by atoms with E-state index in [1.165, 1.54) is 11.6 Å². The molecule has 7 rings (SSSR count). The second-order valence-corrected chi connectivity index (χ2v) is 12.7. The monoisotopic (exact) mass is 687 g/mol. The van der Waals surface area contributed by atoms with Crippen molar-refractivity contribution in [3.8, 4) is 39.5 Å². The van der Waals surface area contributed by atoms with Gasteiger partial charge in [0.25, 0.3) is 5.91 Å². The van der Waals surface area contributed by atoms with Crippen LogP contribution in [0.2, 0.25) is 0 Å². The van der Waals surface area contributed by atoms with Crippen molar-refractivity contribution in [2.45, 2.75) is 39.0 Å². The van der Waals surface area contributed by atoms with Crippen LogP contribution in [0.1, 0.15) is 54.9 Å². The lowest BCUT2D eigenvalue weighted by atomic mass is 9.88. The predicted molar refractivity (Wildman–Crippen MR) is 196 cm³/mol. The quantitative estimate of drug-likeness (QED) is 0.149. The minimum Gasteiger partial charge on any atom is -0.493 e. The zero-order valence-electron chi connectivity index (χ0n) is 28.6. The molecular weight excluding hydrogens is 648 g/mol. The molecule has 11 heteroatoms. The number of amides is 1. The molecule has 1 fully saturated rings. The average molecular weight is 688 g/mol. The number of fused-ring (bicyclic) bond motifs is 1. The summed E-state index contributed by atoms with van der Waals surface area (Å²) in [5.74, 6) is -1.15. The molecule has 0 aliphatic carbocycles. The zero-order chi connectivity index (χ0) is 35.5. The minimum atomic E-state index is -0.868. The minimum absolute atomic E-state index is 0.0824. The molecule has 0 saturated carbocycles. The maximum absolute atomic E-state index is 14.4. The third kappa shape index (κ3) is 6.89. The number of hydrogen-bond acceptors (Lipinski definition) is 7. The molecule has 1 amide bonds. The summed E-state index contributed by atoms with van der Waals surface area (Å²) in [7, 11) is 0. The smallest absolute Gasteiger partial charge is 0.255 e. The van der Waals surface area contributed by atoms with Gasteiger partial charge in [-0.05, 0) is 99.8 Å². The lowest BCUT2D eigenvalue weighted by molar-refractivity contribution is 0.102. The van der Waals surface area contributed by atoms with Gasteiger partial charge in [0.15, 0.2) is 0 Å². The Morgan fingerprint density at radius 3 is 2.47 bits per heavy atom. The molecule has 6 aromatic rings. The van der Waals surface area contributed by atoms with Gasteiger partial charge in [0.1, 0.15) is 40.1 Å². The van der Waals surface area contributed by atoms with E-state index in [-0.39, 0.29) is 11.5 Å². The first kappa shape index (κ1) is 33.8. The molecule has 0 atom stereocenters. The molecule has 51 heavy (non-hydrogen) atoms. The second-order valence-electron chi connectivity index (χ2n) is 12.7. The van der Waals surface area contributed by atoms with Crippen molar-refractivity contribution in [2.75, 3.05) is 37.3 Å². The molecule has 3 N–H and O–H groups in total. The van der Waals surface area contributed by atoms with Gasteiger partial charge in [0, 0.05) is 34.6 Å². The normalized spacial score (nSPS) is 13.8. The number of carbonyl (C=O) groups excluding carboxylic acids is 1. The molecule has 0 radical (unpaired) electrons. The summed E-state index contributed by atoms with van der Waals surface area (Å²) in [6, 6.07) is 22.2. The van der Waals surface area contributed by atoms with Crippen molar-refractivity contribution in [3.63, 3.8) is 0 Å². The van der Waals surface area contributed by atoms with Gasteiger partial charge in [-0.3, -0.25) is 9.20 Å². The van der Waals surface area contributed by atoms with Crippen molar-refractivity contribution < 1.29 is 18.3 Å². The Balaban J connectivity index is 1.31. The molecule has 260 valence electrons. The number of piperidine rings is 1. The van der Waals surface area contributed by atoms with Gasteiger partial charge in [-0.25, -0.2) is 23.7 Å². The summed E-state index contributed by atoms with van der Waals surface area (Å²) in [4.78, 5) is 30.0. The molecular formula is C40H39F2N7O2. The Bertz CT molecular complexity index is 2190. The first-order chi connectivity index (χ1) is 24.8. The van der Waals surface area contributed by atoms with Crippen LogP contribution in [0, 0.1) is 11.6 Å². The van der Waals surface area contributed by atoms with Gasteiger partial charge in [-0.1, -0.05) is 43.3 Å². The molecule has 9 nitrogen and oxygen atoms in total. The molecule has 0 unspecified atom stereocenters. The lowest BCUT2D eigenvalue weighted by Gasteiger charge is -2.32. The largest absolute Gasteiger partial charge is 0.493 e. The van der Waals surface area contributed by atoms with Gasteiger partial charge in [-0.15, -0.1) is 0 Å². The Kier molecular flexibility index (Phi) is 9.72. The molecule has 3 aromatic carbocycles. The number of nitrogens with zero attached hydrogens (tertiary/aromatic N) is 5. The van der Waals surface area contributed by atoms with Crippen molar-refractivity contribution in [1.82, 2.24) is 24.3 Å². The van der Waals surface area contributed by atoms with Crippen molar-refractivity contribution in [3.05, 3.63) is 114 Å². The maximum Gasteiger partial charge on any atom is 0.255 e. The number of ether oxygens (including phenoxy) is 1. The van der Waals surface area contributed by atoms with Gasteiger partial charge in [0.2, 0.25) is 5.95 Å². The highest BCUT2D eigenvalue weighted by atomic mass is 19.1. The molecule has 0 bridgehead atoms. The second kappa shape index (κ2) is 14.7. The van der Waals surface area contributed by atoms with Crippen LogP contribution in [0.15, 0.2) is 91.3 Å². The first-order valence-electron chi connectivity index (χ1n) is 17.3. The van der Waals surface area contributed by atoms with Crippen LogP contribution in [-0.2, 0) is 0 Å². The highest BCUT2D eigenvalue weighted by Crippen LogP contribution is 2.42. The summed E-state index contributed by atoms with van der Waals surface area (Å²) < 4.78 is 36.9. The lowest BCUT2D eigenvalue weighted by Crippen LogP contribution is -2.33. The SMILES string of the molecule is CCCN1CCC(c2ccc(-c3cnc(N)nc3-c3c(-c4cccc(C(=O)Nc5c(F)cccc5F)c4)nc4ccccn34)c(OCC)c2)CC1. The fraction of sp³-hybridized carbons (Fsp3) is 0.250. The van der Waals surface area contributed by atoms with Gasteiger partial charge in [-0.2, -0.15) is 0 Å². The molecule has 0 spiro atoms. The maximum atomic E-state index is 14.4. The predicted octanol–water partition coefficient (Wildman–Crippen LogP) is 8.23. The number of pyridine rings is 1. The van der Waals surface area contributed by atoms with E-state index in [4.69, 9.17) is 20.4 Å². The number of aromatic nitrogens is 4. The number of benzene rings is 3. The number of carbonyl (C=O) groups is 1. The molecule has 1 aliphatic rings. The summed E-state index contributed by atoms with van der Waals surface area (Å²) in [6.45, 7) is 7.96. The number of imidazole rings is 1. The van der Waals surface area contributed by atoms with E-state index in [2.05, 4.69) is 40.3 Å². The van der Waals surface area contributed by atoms with Crippen LogP contribution in [0.5, 0.6) is 5.75 Å². The fourth-order valence-electron chi connectivity index (χ4n) is 6.90. The van der Waals surface area contributed by atoms with E-state index in [9.17, 15) is 13.6 Å². The summed E-state index contributed by atoms with van der Waals surface area (Å²) in [5.41, 5.74) is 11.6. The summed E-state index contributed by atoms with van der Waals surface area (Å²) in [6.07, 6.45) is 6.94. The third-order valence-electron chi connectivity index (χ3n) is 9.36. The van der Waals surface area contributed by atoms with Crippen LogP contribution in [0.4, 0.5) is 20.4 Å². The number of nitrogens with one attached hydrogen (secondary N) is 1. The summed E-state index contributed by atoms with van der Waals surface area (Å²) >= 11 is 0. The van der Waals surface area contributed by atoms with Crippen LogP contribution < -0.4 is 15.8 Å². The Labute approximate surface area is 295 Å². The highest BCUT2D eigenvalue weighted by molar-refractivity contribution is 6.05. The number of para-hydroxylation sites is 1. The van der Waals surface area contributed by atoms with E-state index >= 15 is 0 Å². The van der Waals surface area contributed by atoms with Crippen molar-refractivity contribution in [2.24, 2.45) is 0 Å². The molecule has 1 saturated heterocycles. The molecule has 1 aliphatic heterocycles. The number of nitrogens with two attached hydrogens (primary N) is 1.